The summed E-state index contributed by atoms with van der Waals surface area (Å²) < 4.78 is 33.7. The van der Waals surface area contributed by atoms with Gasteiger partial charge in [-0.3, -0.25) is 13.9 Å². The van der Waals surface area contributed by atoms with Crippen LogP contribution in [0.1, 0.15) is 6.92 Å². The highest BCUT2D eigenvalue weighted by Crippen LogP contribution is 2.33. The van der Waals surface area contributed by atoms with E-state index in [-0.39, 0.29) is 16.5 Å². The third kappa shape index (κ3) is 5.29. The highest BCUT2D eigenvalue weighted by molar-refractivity contribution is 7.92. The lowest BCUT2D eigenvalue weighted by atomic mass is 10.2. The third-order valence-electron chi connectivity index (χ3n) is 4.93. The fourth-order valence-corrected chi connectivity index (χ4v) is 4.82. The first-order valence-corrected chi connectivity index (χ1v) is 11.7. The summed E-state index contributed by atoms with van der Waals surface area (Å²) in [4.78, 5) is 27.1. The van der Waals surface area contributed by atoms with Gasteiger partial charge in [0.15, 0.2) is 0 Å². The van der Waals surface area contributed by atoms with Crippen molar-refractivity contribution >= 4 is 39.6 Å². The van der Waals surface area contributed by atoms with Gasteiger partial charge in [0.2, 0.25) is 12.3 Å². The molecule has 0 saturated carbocycles. The fraction of sp³-hybridized carbons (Fsp3) is 0.333. The molecule has 1 heterocycles. The van der Waals surface area contributed by atoms with Crippen LogP contribution in [0.5, 0.6) is 5.75 Å². The Morgan fingerprint density at radius 2 is 1.74 bits per heavy atom. The number of benzene rings is 2. The summed E-state index contributed by atoms with van der Waals surface area (Å²) in [6.07, 6.45) is 0.747. The van der Waals surface area contributed by atoms with Crippen LogP contribution in [0.25, 0.3) is 0 Å². The molecule has 1 fully saturated rings. The summed E-state index contributed by atoms with van der Waals surface area (Å²) in [6, 6.07) is 12.5. The van der Waals surface area contributed by atoms with E-state index >= 15 is 0 Å². The maximum Gasteiger partial charge on any atom is 0.264 e. The summed E-state index contributed by atoms with van der Waals surface area (Å²) in [5.74, 6) is 0.00972. The summed E-state index contributed by atoms with van der Waals surface area (Å²) in [6.45, 7) is 3.26. The SMILES string of the molecule is CCOc1ccccc1N(CC(=O)N1CCN(C=O)CC1)S(=O)(=O)c1ccc(Cl)cc1. The highest BCUT2D eigenvalue weighted by Gasteiger charge is 2.31. The van der Waals surface area contributed by atoms with Gasteiger partial charge in [-0.2, -0.15) is 0 Å². The summed E-state index contributed by atoms with van der Waals surface area (Å²) in [7, 11) is -4.08. The number of piperazine rings is 1. The molecule has 10 heteroatoms. The zero-order valence-corrected chi connectivity index (χ0v) is 18.7. The molecule has 1 aliphatic heterocycles. The topological polar surface area (TPSA) is 87.2 Å². The molecular formula is C21H24ClN3O5S. The van der Waals surface area contributed by atoms with Crippen molar-refractivity contribution in [1.29, 1.82) is 0 Å². The van der Waals surface area contributed by atoms with Gasteiger partial charge in [0.1, 0.15) is 12.3 Å². The lowest BCUT2D eigenvalue weighted by Crippen LogP contribution is -2.51. The van der Waals surface area contributed by atoms with Gasteiger partial charge < -0.3 is 14.5 Å². The minimum Gasteiger partial charge on any atom is -0.492 e. The maximum atomic E-state index is 13.5. The number of nitrogens with zero attached hydrogens (tertiary/aromatic N) is 3. The van der Waals surface area contributed by atoms with Gasteiger partial charge in [-0.05, 0) is 43.3 Å². The van der Waals surface area contributed by atoms with Crippen molar-refractivity contribution in [2.24, 2.45) is 0 Å². The van der Waals surface area contributed by atoms with Crippen LogP contribution >= 0.6 is 11.6 Å². The van der Waals surface area contributed by atoms with Crippen molar-refractivity contribution in [3.05, 3.63) is 53.6 Å². The number of amides is 2. The van der Waals surface area contributed by atoms with Crippen LogP contribution in [-0.2, 0) is 19.6 Å². The van der Waals surface area contributed by atoms with E-state index in [9.17, 15) is 18.0 Å². The predicted molar refractivity (Wildman–Crippen MR) is 118 cm³/mol. The molecule has 8 nitrogen and oxygen atoms in total. The molecule has 0 aliphatic carbocycles. The molecule has 1 aliphatic rings. The molecule has 0 N–H and O–H groups in total. The van der Waals surface area contributed by atoms with Crippen LogP contribution < -0.4 is 9.04 Å². The van der Waals surface area contributed by atoms with E-state index in [1.165, 1.54) is 24.3 Å². The Morgan fingerprint density at radius 3 is 2.35 bits per heavy atom. The maximum absolute atomic E-state index is 13.5. The molecule has 166 valence electrons. The molecule has 0 spiro atoms. The quantitative estimate of drug-likeness (QED) is 0.558. The third-order valence-corrected chi connectivity index (χ3v) is 6.96. The summed E-state index contributed by atoms with van der Waals surface area (Å²) >= 11 is 5.92. The average Bonchev–Trinajstić information content (AvgIpc) is 2.78. The number of carbonyl (C=O) groups excluding carboxylic acids is 2. The smallest absolute Gasteiger partial charge is 0.264 e. The zero-order chi connectivity index (χ0) is 22.4. The Morgan fingerprint density at radius 1 is 1.10 bits per heavy atom. The van der Waals surface area contributed by atoms with Crippen LogP contribution in [0.15, 0.2) is 53.4 Å². The van der Waals surface area contributed by atoms with Crippen LogP contribution in [0.3, 0.4) is 0 Å². The van der Waals surface area contributed by atoms with Gasteiger partial charge in [0.05, 0.1) is 17.2 Å². The molecule has 3 rings (SSSR count). The standard InChI is InChI=1S/C21H24ClN3O5S/c1-2-30-20-6-4-3-5-19(20)25(31(28,29)18-9-7-17(22)8-10-18)15-21(27)24-13-11-23(16-26)12-14-24/h3-10,16H,2,11-15H2,1H3. The molecule has 0 atom stereocenters. The van der Waals surface area contributed by atoms with E-state index in [1.807, 2.05) is 0 Å². The van der Waals surface area contributed by atoms with Crippen molar-refractivity contribution in [2.45, 2.75) is 11.8 Å². The van der Waals surface area contributed by atoms with E-state index in [4.69, 9.17) is 16.3 Å². The average molecular weight is 466 g/mol. The first kappa shape index (κ1) is 22.9. The second-order valence-corrected chi connectivity index (χ2v) is 9.19. The lowest BCUT2D eigenvalue weighted by Gasteiger charge is -2.34. The fourth-order valence-electron chi connectivity index (χ4n) is 3.27. The van der Waals surface area contributed by atoms with E-state index in [1.54, 1.807) is 41.0 Å². The second kappa shape index (κ2) is 10.0. The monoisotopic (exact) mass is 465 g/mol. The van der Waals surface area contributed by atoms with Gasteiger partial charge in [-0.15, -0.1) is 0 Å². The van der Waals surface area contributed by atoms with E-state index < -0.39 is 16.6 Å². The van der Waals surface area contributed by atoms with Crippen molar-refractivity contribution in [3.8, 4) is 5.75 Å². The van der Waals surface area contributed by atoms with Crippen LogP contribution in [-0.4, -0.2) is 69.9 Å². The number of halogens is 1. The normalized spacial score (nSPS) is 14.3. The van der Waals surface area contributed by atoms with E-state index in [0.29, 0.717) is 43.6 Å². The van der Waals surface area contributed by atoms with Crippen LogP contribution in [0.4, 0.5) is 5.69 Å². The number of hydrogen-bond acceptors (Lipinski definition) is 5. The van der Waals surface area contributed by atoms with Gasteiger partial charge in [0.25, 0.3) is 10.0 Å². The first-order chi connectivity index (χ1) is 14.9. The van der Waals surface area contributed by atoms with Gasteiger partial charge in [-0.1, -0.05) is 23.7 Å². The van der Waals surface area contributed by atoms with E-state index in [2.05, 4.69) is 0 Å². The second-order valence-electron chi connectivity index (χ2n) is 6.89. The molecule has 2 amide bonds. The molecule has 0 unspecified atom stereocenters. The number of anilines is 1. The Hall–Kier alpha value is -2.78. The predicted octanol–water partition coefficient (Wildman–Crippen LogP) is 2.23. The van der Waals surface area contributed by atoms with Gasteiger partial charge in [0, 0.05) is 31.2 Å². The Bertz CT molecular complexity index is 1020. The molecule has 2 aromatic carbocycles. The van der Waals surface area contributed by atoms with E-state index in [0.717, 1.165) is 10.7 Å². The molecule has 1 saturated heterocycles. The summed E-state index contributed by atoms with van der Waals surface area (Å²) in [5, 5.41) is 0.407. The van der Waals surface area contributed by atoms with Gasteiger partial charge in [-0.25, -0.2) is 8.42 Å². The number of rotatable bonds is 8. The summed E-state index contributed by atoms with van der Waals surface area (Å²) in [5.41, 5.74) is 0.277. The van der Waals surface area contributed by atoms with Crippen LogP contribution in [0.2, 0.25) is 5.02 Å². The number of ether oxygens (including phenoxy) is 1. The number of sulfonamides is 1. The number of carbonyl (C=O) groups is 2. The Kier molecular flexibility index (Phi) is 7.40. The molecule has 2 aromatic rings. The van der Waals surface area contributed by atoms with Crippen molar-refractivity contribution in [3.63, 3.8) is 0 Å². The molecule has 0 aromatic heterocycles. The van der Waals surface area contributed by atoms with Crippen molar-refractivity contribution in [2.75, 3.05) is 43.6 Å². The molecule has 0 bridgehead atoms. The first-order valence-electron chi connectivity index (χ1n) is 9.84. The largest absolute Gasteiger partial charge is 0.492 e. The van der Waals surface area contributed by atoms with Crippen LogP contribution in [0, 0.1) is 0 Å². The highest BCUT2D eigenvalue weighted by atomic mass is 35.5. The van der Waals surface area contributed by atoms with Crippen molar-refractivity contribution < 1.29 is 22.7 Å². The minimum absolute atomic E-state index is 0.0155. The minimum atomic E-state index is -4.08. The number of para-hydroxylation sites is 2. The Labute approximate surface area is 187 Å². The zero-order valence-electron chi connectivity index (χ0n) is 17.1. The number of hydrogen-bond donors (Lipinski definition) is 0. The Balaban J connectivity index is 1.96. The van der Waals surface area contributed by atoms with Crippen molar-refractivity contribution in [1.82, 2.24) is 9.80 Å². The molecule has 0 radical (unpaired) electrons. The molecule has 31 heavy (non-hydrogen) atoms. The lowest BCUT2D eigenvalue weighted by molar-refractivity contribution is -0.133. The van der Waals surface area contributed by atoms with Gasteiger partial charge >= 0.3 is 0 Å². The molecular weight excluding hydrogens is 442 g/mol.